The Hall–Kier alpha value is -0.230. The summed E-state index contributed by atoms with van der Waals surface area (Å²) in [4.78, 5) is 0. The zero-order valence-electron chi connectivity index (χ0n) is 7.06. The maximum Gasteiger partial charge on any atom is 0.140 e. The van der Waals surface area contributed by atoms with E-state index in [0.29, 0.717) is 4.32 Å². The van der Waals surface area contributed by atoms with Gasteiger partial charge in [-0.25, -0.2) is 0 Å². The minimum atomic E-state index is 0.507. The van der Waals surface area contributed by atoms with Crippen molar-refractivity contribution < 1.29 is 0 Å². The van der Waals surface area contributed by atoms with E-state index in [1.165, 1.54) is 26.2 Å². The molecule has 0 fully saturated rings. The molecule has 0 atom stereocenters. The second kappa shape index (κ2) is 4.53. The van der Waals surface area contributed by atoms with Crippen LogP contribution in [0.15, 0.2) is 34.5 Å². The summed E-state index contributed by atoms with van der Waals surface area (Å²) < 4.78 is 5.94. The lowest BCUT2D eigenvalue weighted by molar-refractivity contribution is 1.60. The van der Waals surface area contributed by atoms with Gasteiger partial charge < -0.3 is 4.72 Å². The van der Waals surface area contributed by atoms with Crippen molar-refractivity contribution in [2.75, 3.05) is 0 Å². The van der Waals surface area contributed by atoms with E-state index in [9.17, 15) is 0 Å². The van der Waals surface area contributed by atoms with Crippen molar-refractivity contribution in [1.29, 1.82) is 0 Å². The number of hydrogen-bond donors (Lipinski definition) is 2. The number of thiocarbonyl (C=S) groups is 1. The highest BCUT2D eigenvalue weighted by atomic mass is 32.2. The van der Waals surface area contributed by atoms with Crippen molar-refractivity contribution in [3.8, 4) is 0 Å². The van der Waals surface area contributed by atoms with Crippen LogP contribution in [-0.2, 0) is 0 Å². The monoisotopic (exact) mass is 257 g/mol. The highest BCUT2D eigenvalue weighted by Gasteiger charge is 2.01. The predicted octanol–water partition coefficient (Wildman–Crippen LogP) is 3.71. The van der Waals surface area contributed by atoms with Gasteiger partial charge in [-0.15, -0.1) is 24.0 Å². The third kappa shape index (κ3) is 2.42. The van der Waals surface area contributed by atoms with Crippen LogP contribution < -0.4 is 4.72 Å². The normalized spacial score (nSPS) is 10.4. The second-order valence-electron chi connectivity index (χ2n) is 2.61. The molecule has 1 aromatic heterocycles. The summed E-state index contributed by atoms with van der Waals surface area (Å²) in [5, 5.41) is 1.27. The van der Waals surface area contributed by atoms with Gasteiger partial charge in [-0.3, -0.25) is 0 Å². The second-order valence-corrected chi connectivity index (χ2v) is 5.96. The van der Waals surface area contributed by atoms with Crippen molar-refractivity contribution in [1.82, 2.24) is 4.72 Å². The Bertz CT molecular complexity index is 430. The van der Waals surface area contributed by atoms with Crippen LogP contribution in [0.2, 0.25) is 0 Å². The van der Waals surface area contributed by atoms with Crippen molar-refractivity contribution in [2.24, 2.45) is 0 Å². The molecular weight excluding hydrogens is 250 g/mol. The minimum Gasteiger partial charge on any atom is -0.311 e. The molecule has 1 N–H and O–H groups in total. The van der Waals surface area contributed by atoms with Gasteiger partial charge in [0.2, 0.25) is 0 Å². The van der Waals surface area contributed by atoms with Crippen LogP contribution in [0.1, 0.15) is 0 Å². The van der Waals surface area contributed by atoms with Gasteiger partial charge in [0.1, 0.15) is 4.32 Å². The molecule has 0 spiro atoms. The molecule has 1 heterocycles. The van der Waals surface area contributed by atoms with E-state index in [-0.39, 0.29) is 0 Å². The van der Waals surface area contributed by atoms with Crippen LogP contribution in [0.4, 0.5) is 0 Å². The Balaban J connectivity index is 2.22. The maximum absolute atomic E-state index is 4.81. The molecule has 1 nitrogen and oxygen atoms in total. The molecule has 2 rings (SSSR count). The Kier molecular flexibility index (Phi) is 3.33. The van der Waals surface area contributed by atoms with Crippen LogP contribution in [0.5, 0.6) is 0 Å². The first-order valence-electron chi connectivity index (χ1n) is 3.90. The third-order valence-electron chi connectivity index (χ3n) is 1.64. The zero-order valence-corrected chi connectivity index (χ0v) is 10.4. The fourth-order valence-electron chi connectivity index (χ4n) is 1.10. The SMILES string of the molecule is S=C(S)NSc1cc2ccccc2s1. The molecule has 0 saturated carbocycles. The van der Waals surface area contributed by atoms with Crippen LogP contribution in [0, 0.1) is 0 Å². The lowest BCUT2D eigenvalue weighted by Gasteiger charge is -1.96. The number of benzene rings is 1. The van der Waals surface area contributed by atoms with E-state index in [1.54, 1.807) is 11.3 Å². The average molecular weight is 257 g/mol. The number of nitrogens with one attached hydrogen (secondary N) is 1. The molecular formula is C9H7NS4. The van der Waals surface area contributed by atoms with Crippen molar-refractivity contribution in [2.45, 2.75) is 4.21 Å². The summed E-state index contributed by atoms with van der Waals surface area (Å²) in [6.45, 7) is 0. The van der Waals surface area contributed by atoms with Crippen molar-refractivity contribution in [3.63, 3.8) is 0 Å². The molecule has 0 radical (unpaired) electrons. The van der Waals surface area contributed by atoms with Gasteiger partial charge in [-0.2, -0.15) is 0 Å². The molecule has 0 saturated heterocycles. The van der Waals surface area contributed by atoms with Gasteiger partial charge in [-0.1, -0.05) is 30.4 Å². The van der Waals surface area contributed by atoms with Crippen molar-refractivity contribution in [3.05, 3.63) is 30.3 Å². The number of fused-ring (bicyclic) bond motifs is 1. The summed E-state index contributed by atoms with van der Waals surface area (Å²) in [5.41, 5.74) is 0. The Morgan fingerprint density at radius 1 is 1.43 bits per heavy atom. The highest BCUT2D eigenvalue weighted by molar-refractivity contribution is 8.13. The van der Waals surface area contributed by atoms with E-state index in [1.807, 2.05) is 12.1 Å². The molecule has 0 aliphatic carbocycles. The first-order valence-corrected chi connectivity index (χ1v) is 6.39. The first-order chi connectivity index (χ1) is 6.75. The molecule has 2 aromatic rings. The standard InChI is InChI=1S/C9H7NS4/c11-9(12)10-14-8-5-6-3-1-2-4-7(6)13-8/h1-5H,(H2,10,11,12). The van der Waals surface area contributed by atoms with Gasteiger partial charge >= 0.3 is 0 Å². The number of hydrogen-bond acceptors (Lipinski definition) is 3. The molecule has 0 amide bonds. The van der Waals surface area contributed by atoms with Gasteiger partial charge in [0.15, 0.2) is 0 Å². The van der Waals surface area contributed by atoms with E-state index < -0.39 is 0 Å². The Morgan fingerprint density at radius 3 is 2.93 bits per heavy atom. The van der Waals surface area contributed by atoms with Crippen LogP contribution in [0.25, 0.3) is 10.1 Å². The highest BCUT2D eigenvalue weighted by Crippen LogP contribution is 2.31. The maximum atomic E-state index is 4.81. The van der Waals surface area contributed by atoms with Crippen LogP contribution >= 0.6 is 48.1 Å². The minimum absolute atomic E-state index is 0.507. The van der Waals surface area contributed by atoms with Crippen LogP contribution in [-0.4, -0.2) is 4.32 Å². The summed E-state index contributed by atoms with van der Waals surface area (Å²) in [6, 6.07) is 10.5. The average Bonchev–Trinajstić information content (AvgIpc) is 2.57. The molecule has 5 heteroatoms. The lowest BCUT2D eigenvalue weighted by Crippen LogP contribution is -2.03. The van der Waals surface area contributed by atoms with Gasteiger partial charge in [0.05, 0.1) is 4.21 Å². The summed E-state index contributed by atoms with van der Waals surface area (Å²) in [5.74, 6) is 0. The number of thiophene rings is 1. The van der Waals surface area contributed by atoms with Gasteiger partial charge in [0, 0.05) is 4.70 Å². The summed E-state index contributed by atoms with van der Waals surface area (Å²) >= 11 is 12.1. The molecule has 0 unspecified atom stereocenters. The number of rotatable bonds is 2. The summed E-state index contributed by atoms with van der Waals surface area (Å²) in [6.07, 6.45) is 0. The molecule has 0 bridgehead atoms. The van der Waals surface area contributed by atoms with Gasteiger partial charge in [0.25, 0.3) is 0 Å². The van der Waals surface area contributed by atoms with Crippen LogP contribution in [0.3, 0.4) is 0 Å². The molecule has 1 aromatic carbocycles. The van der Waals surface area contributed by atoms with E-state index in [0.717, 1.165) is 0 Å². The Morgan fingerprint density at radius 2 is 2.21 bits per heavy atom. The van der Waals surface area contributed by atoms with Gasteiger partial charge in [-0.05, 0) is 29.5 Å². The Labute approximate surface area is 101 Å². The zero-order chi connectivity index (χ0) is 9.97. The molecule has 72 valence electrons. The fraction of sp³-hybridized carbons (Fsp3) is 0. The summed E-state index contributed by atoms with van der Waals surface area (Å²) in [7, 11) is 0. The lowest BCUT2D eigenvalue weighted by atomic mass is 10.3. The largest absolute Gasteiger partial charge is 0.311 e. The molecule has 0 aliphatic heterocycles. The first kappa shape index (κ1) is 10.3. The topological polar surface area (TPSA) is 12.0 Å². The van der Waals surface area contributed by atoms with Crippen molar-refractivity contribution >= 4 is 62.5 Å². The predicted molar refractivity (Wildman–Crippen MR) is 72.4 cm³/mol. The van der Waals surface area contributed by atoms with E-state index >= 15 is 0 Å². The third-order valence-corrected chi connectivity index (χ3v) is 4.17. The molecule has 14 heavy (non-hydrogen) atoms. The van der Waals surface area contributed by atoms with E-state index in [2.05, 4.69) is 35.5 Å². The quantitative estimate of drug-likeness (QED) is 0.483. The number of thiol groups is 1. The fourth-order valence-corrected chi connectivity index (χ4v) is 3.09. The van der Waals surface area contributed by atoms with E-state index in [4.69, 9.17) is 12.2 Å². The smallest absolute Gasteiger partial charge is 0.140 e. The molecule has 0 aliphatic rings.